The van der Waals surface area contributed by atoms with E-state index >= 15 is 0 Å². The summed E-state index contributed by atoms with van der Waals surface area (Å²) in [5, 5.41) is 2.75. The molecule has 3 aliphatic heterocycles. The highest BCUT2D eigenvalue weighted by Crippen LogP contribution is 2.29. The van der Waals surface area contributed by atoms with Crippen molar-refractivity contribution in [3.8, 4) is 0 Å². The summed E-state index contributed by atoms with van der Waals surface area (Å²) in [5.41, 5.74) is 1.34. The first-order chi connectivity index (χ1) is 17.4. The summed E-state index contributed by atoms with van der Waals surface area (Å²) in [5.74, 6) is -1.80. The standard InChI is InChI=1S/C26H25N3O6S/c1-36-12-10-21(29-25(33)17-6-2-3-7-18(17)26(29)34)22(30)27-15-8-9-19-20(13-15)24(32)28(23(19)31)14-16-5-4-11-35-16/h2-3,6-9,13,16,21H,4-5,10-12,14H2,1H3,(H,27,30). The van der Waals surface area contributed by atoms with Gasteiger partial charge in [-0.3, -0.25) is 33.8 Å². The minimum Gasteiger partial charge on any atom is -0.376 e. The Kier molecular flexibility index (Phi) is 6.63. The lowest BCUT2D eigenvalue weighted by molar-refractivity contribution is -0.120. The van der Waals surface area contributed by atoms with Crippen molar-refractivity contribution in [2.45, 2.75) is 31.4 Å². The highest BCUT2D eigenvalue weighted by molar-refractivity contribution is 7.98. The van der Waals surface area contributed by atoms with Gasteiger partial charge in [-0.2, -0.15) is 11.8 Å². The number of carbonyl (C=O) groups excluding carboxylic acids is 5. The smallest absolute Gasteiger partial charge is 0.262 e. The predicted octanol–water partition coefficient (Wildman–Crippen LogP) is 2.82. The minimum absolute atomic E-state index is 0.164. The van der Waals surface area contributed by atoms with Crippen LogP contribution in [0.25, 0.3) is 0 Å². The second kappa shape index (κ2) is 9.87. The normalized spacial score (nSPS) is 19.6. The molecule has 0 spiro atoms. The molecule has 0 saturated carbocycles. The Balaban J connectivity index is 1.35. The molecule has 0 aromatic heterocycles. The fraction of sp³-hybridized carbons (Fsp3) is 0.346. The molecule has 3 aliphatic rings. The van der Waals surface area contributed by atoms with Crippen LogP contribution in [0.4, 0.5) is 5.69 Å². The first kappa shape index (κ1) is 24.2. The summed E-state index contributed by atoms with van der Waals surface area (Å²) in [6.45, 7) is 0.819. The fourth-order valence-corrected chi connectivity index (χ4v) is 5.31. The third kappa shape index (κ3) is 4.20. The number of nitrogens with one attached hydrogen (secondary N) is 1. The van der Waals surface area contributed by atoms with Crippen molar-refractivity contribution in [3.63, 3.8) is 0 Å². The largest absolute Gasteiger partial charge is 0.376 e. The van der Waals surface area contributed by atoms with Crippen LogP contribution >= 0.6 is 11.8 Å². The van der Waals surface area contributed by atoms with Gasteiger partial charge in [0.25, 0.3) is 23.6 Å². The van der Waals surface area contributed by atoms with Gasteiger partial charge in [-0.15, -0.1) is 0 Å². The Bertz CT molecular complexity index is 1240. The minimum atomic E-state index is -1.02. The summed E-state index contributed by atoms with van der Waals surface area (Å²) in [4.78, 5) is 67.3. The van der Waals surface area contributed by atoms with Gasteiger partial charge in [0.1, 0.15) is 6.04 Å². The summed E-state index contributed by atoms with van der Waals surface area (Å²) in [6.07, 6.45) is 3.68. The van der Waals surface area contributed by atoms with Crippen molar-refractivity contribution < 1.29 is 28.7 Å². The highest BCUT2D eigenvalue weighted by Gasteiger charge is 2.43. The first-order valence-corrected chi connectivity index (χ1v) is 13.2. The number of amides is 5. The number of rotatable bonds is 8. The number of anilines is 1. The monoisotopic (exact) mass is 507 g/mol. The molecule has 5 rings (SSSR count). The molecule has 5 amide bonds. The van der Waals surface area contributed by atoms with Gasteiger partial charge in [-0.25, -0.2) is 0 Å². The summed E-state index contributed by atoms with van der Waals surface area (Å²) in [7, 11) is 0. The maximum absolute atomic E-state index is 13.3. The van der Waals surface area contributed by atoms with Crippen molar-refractivity contribution in [2.24, 2.45) is 0 Å². The molecule has 1 saturated heterocycles. The molecule has 0 radical (unpaired) electrons. The zero-order valence-electron chi connectivity index (χ0n) is 19.7. The van der Waals surface area contributed by atoms with Crippen LogP contribution in [0.3, 0.4) is 0 Å². The Labute approximate surface area is 212 Å². The molecule has 3 heterocycles. The zero-order chi connectivity index (χ0) is 25.4. The fourth-order valence-electron chi connectivity index (χ4n) is 4.85. The van der Waals surface area contributed by atoms with Crippen molar-refractivity contribution in [1.82, 2.24) is 9.80 Å². The zero-order valence-corrected chi connectivity index (χ0v) is 20.5. The molecule has 186 valence electrons. The summed E-state index contributed by atoms with van der Waals surface area (Å²) >= 11 is 1.50. The van der Waals surface area contributed by atoms with Crippen molar-refractivity contribution in [1.29, 1.82) is 0 Å². The second-order valence-electron chi connectivity index (χ2n) is 8.93. The van der Waals surface area contributed by atoms with Crippen molar-refractivity contribution >= 4 is 47.0 Å². The maximum atomic E-state index is 13.3. The van der Waals surface area contributed by atoms with Crippen molar-refractivity contribution in [3.05, 3.63) is 64.7 Å². The number of fused-ring (bicyclic) bond motifs is 2. The van der Waals surface area contributed by atoms with Gasteiger partial charge in [0.15, 0.2) is 0 Å². The van der Waals surface area contributed by atoms with Crippen LogP contribution in [0.1, 0.15) is 60.7 Å². The molecule has 2 atom stereocenters. The van der Waals surface area contributed by atoms with E-state index in [0.717, 1.165) is 17.7 Å². The second-order valence-corrected chi connectivity index (χ2v) is 9.91. The van der Waals surface area contributed by atoms with E-state index in [1.165, 1.54) is 28.8 Å². The SMILES string of the molecule is CSCCC(C(=O)Nc1ccc2c(c1)C(=O)N(CC1CCCO1)C2=O)N1C(=O)c2ccccc2C1=O. The number of imide groups is 2. The number of carbonyl (C=O) groups is 5. The maximum Gasteiger partial charge on any atom is 0.262 e. The van der Waals surface area contributed by atoms with Crippen LogP contribution < -0.4 is 5.32 Å². The number of ether oxygens (including phenoxy) is 1. The van der Waals surface area contributed by atoms with E-state index < -0.39 is 29.7 Å². The molecule has 1 fully saturated rings. The molecular formula is C26H25N3O6S. The molecule has 2 unspecified atom stereocenters. The average Bonchev–Trinajstić information content (AvgIpc) is 3.55. The Morgan fingerprint density at radius 2 is 1.67 bits per heavy atom. The average molecular weight is 508 g/mol. The number of hydrogen-bond acceptors (Lipinski definition) is 7. The van der Waals surface area contributed by atoms with Gasteiger partial charge in [-0.1, -0.05) is 12.1 Å². The number of hydrogen-bond donors (Lipinski definition) is 1. The molecule has 9 nitrogen and oxygen atoms in total. The quantitative estimate of drug-likeness (QED) is 0.547. The molecule has 2 aromatic carbocycles. The molecule has 10 heteroatoms. The highest BCUT2D eigenvalue weighted by atomic mass is 32.2. The number of thioether (sulfide) groups is 1. The lowest BCUT2D eigenvalue weighted by Gasteiger charge is -2.25. The first-order valence-electron chi connectivity index (χ1n) is 11.8. The third-order valence-corrected chi connectivity index (χ3v) is 7.33. The number of nitrogens with zero attached hydrogens (tertiary/aromatic N) is 2. The third-order valence-electron chi connectivity index (χ3n) is 6.68. The van der Waals surface area contributed by atoms with Gasteiger partial charge in [-0.05, 0) is 61.6 Å². The van der Waals surface area contributed by atoms with Gasteiger partial charge >= 0.3 is 0 Å². The Hall–Kier alpha value is -3.50. The molecule has 0 aliphatic carbocycles. The van der Waals surface area contributed by atoms with Crippen LogP contribution in [0, 0.1) is 0 Å². The van der Waals surface area contributed by atoms with E-state index in [4.69, 9.17) is 4.74 Å². The Morgan fingerprint density at radius 1 is 1.00 bits per heavy atom. The van der Waals surface area contributed by atoms with E-state index in [9.17, 15) is 24.0 Å². The lowest BCUT2D eigenvalue weighted by atomic mass is 10.1. The van der Waals surface area contributed by atoms with E-state index in [2.05, 4.69) is 5.32 Å². The summed E-state index contributed by atoms with van der Waals surface area (Å²) in [6, 6.07) is 10.0. The molecular weight excluding hydrogens is 482 g/mol. The summed E-state index contributed by atoms with van der Waals surface area (Å²) < 4.78 is 5.57. The van der Waals surface area contributed by atoms with Gasteiger partial charge in [0.05, 0.1) is 34.9 Å². The van der Waals surface area contributed by atoms with Crippen LogP contribution in [0.15, 0.2) is 42.5 Å². The number of benzene rings is 2. The topological polar surface area (TPSA) is 113 Å². The van der Waals surface area contributed by atoms with Crippen LogP contribution in [0.2, 0.25) is 0 Å². The van der Waals surface area contributed by atoms with Crippen LogP contribution in [-0.4, -0.2) is 76.6 Å². The van der Waals surface area contributed by atoms with E-state index in [-0.39, 0.29) is 47.2 Å². The predicted molar refractivity (Wildman–Crippen MR) is 133 cm³/mol. The van der Waals surface area contributed by atoms with Crippen LogP contribution in [-0.2, 0) is 9.53 Å². The van der Waals surface area contributed by atoms with Crippen LogP contribution in [0.5, 0.6) is 0 Å². The molecule has 0 bridgehead atoms. The van der Waals surface area contributed by atoms with E-state index in [0.29, 0.717) is 18.0 Å². The van der Waals surface area contributed by atoms with Gasteiger partial charge < -0.3 is 10.1 Å². The molecule has 2 aromatic rings. The Morgan fingerprint density at radius 3 is 2.31 bits per heavy atom. The molecule has 1 N–H and O–H groups in total. The van der Waals surface area contributed by atoms with E-state index in [1.807, 2.05) is 6.26 Å². The van der Waals surface area contributed by atoms with Gasteiger partial charge in [0.2, 0.25) is 5.91 Å². The van der Waals surface area contributed by atoms with E-state index in [1.54, 1.807) is 30.3 Å². The molecule has 36 heavy (non-hydrogen) atoms. The van der Waals surface area contributed by atoms with Crippen molar-refractivity contribution in [2.75, 3.05) is 30.5 Å². The lowest BCUT2D eigenvalue weighted by Crippen LogP contribution is -2.47. The van der Waals surface area contributed by atoms with Gasteiger partial charge in [0, 0.05) is 12.3 Å².